The number of nitrogens with zero attached hydrogens (tertiary/aromatic N) is 1. The molecule has 4 aliphatic rings. The number of hydrogen-bond acceptors (Lipinski definition) is 3. The molecule has 4 heteroatoms. The van der Waals surface area contributed by atoms with Crippen molar-refractivity contribution in [1.29, 1.82) is 0 Å². The van der Waals surface area contributed by atoms with E-state index >= 15 is 0 Å². The van der Waals surface area contributed by atoms with Crippen molar-refractivity contribution in [2.75, 3.05) is 19.6 Å². The van der Waals surface area contributed by atoms with Crippen molar-refractivity contribution in [3.8, 4) is 0 Å². The number of fused-ring (bicyclic) bond motifs is 1. The molecule has 0 radical (unpaired) electrons. The molecule has 1 aromatic carbocycles. The van der Waals surface area contributed by atoms with Gasteiger partial charge in [-0.3, -0.25) is 4.79 Å². The van der Waals surface area contributed by atoms with E-state index in [0.29, 0.717) is 17.9 Å². The molecule has 1 amide bonds. The molecular weight excluding hydrogens is 292 g/mol. The third-order valence-electron chi connectivity index (χ3n) is 5.81. The van der Waals surface area contributed by atoms with Crippen LogP contribution in [0.2, 0.25) is 0 Å². The van der Waals surface area contributed by atoms with Crippen LogP contribution < -0.4 is 5.32 Å². The molecule has 22 heavy (non-hydrogen) atoms. The molecule has 2 aromatic rings. The molecule has 6 rings (SSSR count). The molecule has 2 atom stereocenters. The lowest BCUT2D eigenvalue weighted by Crippen LogP contribution is -2.64. The Labute approximate surface area is 134 Å². The summed E-state index contributed by atoms with van der Waals surface area (Å²) in [5, 5.41) is 6.51. The van der Waals surface area contributed by atoms with Gasteiger partial charge in [0.25, 0.3) is 5.91 Å². The third kappa shape index (κ3) is 1.94. The minimum absolute atomic E-state index is 0.130. The van der Waals surface area contributed by atoms with Gasteiger partial charge in [0.15, 0.2) is 0 Å². The fourth-order valence-corrected chi connectivity index (χ4v) is 5.97. The van der Waals surface area contributed by atoms with Crippen molar-refractivity contribution >= 4 is 27.3 Å². The van der Waals surface area contributed by atoms with Crippen LogP contribution in [0.1, 0.15) is 23.2 Å². The smallest absolute Gasteiger partial charge is 0.252 e. The molecule has 1 saturated carbocycles. The normalized spacial score (nSPS) is 35.9. The molecule has 3 saturated heterocycles. The zero-order valence-corrected chi connectivity index (χ0v) is 13.3. The Morgan fingerprint density at radius 1 is 1.14 bits per heavy atom. The maximum atomic E-state index is 12.8. The Hall–Kier alpha value is -1.39. The van der Waals surface area contributed by atoms with E-state index in [9.17, 15) is 4.79 Å². The lowest BCUT2D eigenvalue weighted by molar-refractivity contribution is -0.0418. The number of nitrogens with one attached hydrogen (secondary N) is 1. The Balaban J connectivity index is 1.41. The first-order valence-electron chi connectivity index (χ1n) is 8.27. The van der Waals surface area contributed by atoms with E-state index < -0.39 is 0 Å². The molecule has 4 bridgehead atoms. The summed E-state index contributed by atoms with van der Waals surface area (Å²) < 4.78 is 1.20. The van der Waals surface area contributed by atoms with Crippen LogP contribution in [0.3, 0.4) is 0 Å². The predicted octanol–water partition coefficient (Wildman–Crippen LogP) is 2.97. The summed E-state index contributed by atoms with van der Waals surface area (Å²) >= 11 is 1.66. The van der Waals surface area contributed by atoms with Crippen molar-refractivity contribution < 1.29 is 4.79 Å². The number of benzene rings is 1. The predicted molar refractivity (Wildman–Crippen MR) is 89.2 cm³/mol. The Morgan fingerprint density at radius 3 is 2.68 bits per heavy atom. The number of carbonyl (C=O) groups excluding carboxylic acids is 1. The van der Waals surface area contributed by atoms with E-state index in [1.807, 2.05) is 17.5 Å². The summed E-state index contributed by atoms with van der Waals surface area (Å²) in [6.45, 7) is 3.66. The molecule has 3 nitrogen and oxygen atoms in total. The van der Waals surface area contributed by atoms with E-state index in [4.69, 9.17) is 0 Å². The van der Waals surface area contributed by atoms with Gasteiger partial charge in [0.1, 0.15) is 0 Å². The maximum absolute atomic E-state index is 12.8. The maximum Gasteiger partial charge on any atom is 0.252 e. The molecule has 1 aromatic heterocycles. The summed E-state index contributed by atoms with van der Waals surface area (Å²) in [6.07, 6.45) is 2.62. The van der Waals surface area contributed by atoms with Crippen molar-refractivity contribution in [2.45, 2.75) is 18.9 Å². The highest BCUT2D eigenvalue weighted by molar-refractivity contribution is 7.17. The quantitative estimate of drug-likeness (QED) is 0.924. The van der Waals surface area contributed by atoms with Gasteiger partial charge in [-0.25, -0.2) is 0 Å². The topological polar surface area (TPSA) is 32.3 Å². The van der Waals surface area contributed by atoms with E-state index in [0.717, 1.165) is 16.9 Å². The molecule has 1 aliphatic carbocycles. The molecule has 114 valence electrons. The standard InChI is InChI=1S/C18H20N2OS/c21-18(15-10-22-16-4-2-1-3-14(15)16)19-17-12-5-11-6-13(17)9-20(7-11)8-12/h1-4,10-13,17H,5-9H2,(H,19,21)/t11?,12-,13-,17?/m1/s1. The lowest BCUT2D eigenvalue weighted by Gasteiger charge is -2.55. The van der Waals surface area contributed by atoms with Gasteiger partial charge in [-0.15, -0.1) is 11.3 Å². The zero-order chi connectivity index (χ0) is 14.7. The average molecular weight is 312 g/mol. The minimum atomic E-state index is 0.130. The van der Waals surface area contributed by atoms with Gasteiger partial charge in [-0.2, -0.15) is 0 Å². The van der Waals surface area contributed by atoms with E-state index in [-0.39, 0.29) is 5.91 Å². The second-order valence-electron chi connectivity index (χ2n) is 7.22. The first kappa shape index (κ1) is 13.1. The van der Waals surface area contributed by atoms with E-state index in [1.54, 1.807) is 11.3 Å². The Bertz CT molecular complexity index is 710. The van der Waals surface area contributed by atoms with Crippen molar-refractivity contribution in [1.82, 2.24) is 10.2 Å². The van der Waals surface area contributed by atoms with Crippen LogP contribution in [-0.4, -0.2) is 36.5 Å². The van der Waals surface area contributed by atoms with Crippen LogP contribution in [0.4, 0.5) is 0 Å². The highest BCUT2D eigenvalue weighted by Gasteiger charge is 2.47. The number of thiophene rings is 1. The Kier molecular flexibility index (Phi) is 2.86. The average Bonchev–Trinajstić information content (AvgIpc) is 2.94. The summed E-state index contributed by atoms with van der Waals surface area (Å²) in [4.78, 5) is 15.4. The molecule has 1 N–H and O–H groups in total. The van der Waals surface area contributed by atoms with Gasteiger partial charge in [0.2, 0.25) is 0 Å². The molecule has 4 heterocycles. The number of hydrogen-bond donors (Lipinski definition) is 1. The lowest BCUT2D eigenvalue weighted by atomic mass is 9.65. The van der Waals surface area contributed by atoms with Gasteiger partial charge < -0.3 is 10.2 Å². The number of rotatable bonds is 2. The second-order valence-corrected chi connectivity index (χ2v) is 8.13. The van der Waals surface area contributed by atoms with Crippen LogP contribution in [0.15, 0.2) is 29.6 Å². The van der Waals surface area contributed by atoms with Crippen molar-refractivity contribution in [2.24, 2.45) is 17.8 Å². The highest BCUT2D eigenvalue weighted by atomic mass is 32.1. The van der Waals surface area contributed by atoms with Gasteiger partial charge in [0.05, 0.1) is 5.56 Å². The monoisotopic (exact) mass is 312 g/mol. The van der Waals surface area contributed by atoms with Gasteiger partial charge in [0, 0.05) is 41.1 Å². The molecule has 3 aliphatic heterocycles. The third-order valence-corrected chi connectivity index (χ3v) is 6.78. The van der Waals surface area contributed by atoms with E-state index in [1.165, 1.54) is 37.2 Å². The molecular formula is C18H20N2OS. The fourth-order valence-electron chi connectivity index (χ4n) is 5.03. The molecule has 0 unspecified atom stereocenters. The minimum Gasteiger partial charge on any atom is -0.349 e. The van der Waals surface area contributed by atoms with Gasteiger partial charge in [-0.1, -0.05) is 18.2 Å². The molecule has 0 spiro atoms. The van der Waals surface area contributed by atoms with Crippen molar-refractivity contribution in [3.63, 3.8) is 0 Å². The van der Waals surface area contributed by atoms with Crippen LogP contribution >= 0.6 is 11.3 Å². The van der Waals surface area contributed by atoms with Crippen LogP contribution in [0, 0.1) is 17.8 Å². The summed E-state index contributed by atoms with van der Waals surface area (Å²) in [6, 6.07) is 8.59. The van der Waals surface area contributed by atoms with Crippen LogP contribution in [-0.2, 0) is 0 Å². The fraction of sp³-hybridized carbons (Fsp3) is 0.500. The van der Waals surface area contributed by atoms with Crippen LogP contribution in [0.25, 0.3) is 10.1 Å². The second kappa shape index (κ2) is 4.80. The first-order chi connectivity index (χ1) is 10.8. The largest absolute Gasteiger partial charge is 0.349 e. The number of amides is 1. The van der Waals surface area contributed by atoms with Crippen molar-refractivity contribution in [3.05, 3.63) is 35.2 Å². The van der Waals surface area contributed by atoms with Crippen LogP contribution in [0.5, 0.6) is 0 Å². The zero-order valence-electron chi connectivity index (χ0n) is 12.5. The Morgan fingerprint density at radius 2 is 1.91 bits per heavy atom. The van der Waals surface area contributed by atoms with E-state index in [2.05, 4.69) is 22.3 Å². The number of piperidine rings is 3. The summed E-state index contributed by atoms with van der Waals surface area (Å²) in [5.41, 5.74) is 0.856. The highest BCUT2D eigenvalue weighted by Crippen LogP contribution is 2.43. The molecule has 4 fully saturated rings. The summed E-state index contributed by atoms with van der Waals surface area (Å²) in [5.74, 6) is 2.35. The number of carbonyl (C=O) groups is 1. The van der Waals surface area contributed by atoms with Gasteiger partial charge in [-0.05, 0) is 36.7 Å². The summed E-state index contributed by atoms with van der Waals surface area (Å²) in [7, 11) is 0. The van der Waals surface area contributed by atoms with Gasteiger partial charge >= 0.3 is 0 Å². The first-order valence-corrected chi connectivity index (χ1v) is 9.15. The SMILES string of the molecule is O=C(NC1[C@@H]2CC3C[C@@H]1CN(C3)C2)c1csc2ccccc12.